The number of nitrogens with zero attached hydrogens (tertiary/aromatic N) is 2. The van der Waals surface area contributed by atoms with Crippen LogP contribution in [0.5, 0.6) is 0 Å². The highest BCUT2D eigenvalue weighted by molar-refractivity contribution is 6.34. The van der Waals surface area contributed by atoms with Crippen molar-refractivity contribution in [2.24, 2.45) is 10.7 Å². The minimum absolute atomic E-state index is 0. The van der Waals surface area contributed by atoms with Crippen LogP contribution in [0, 0.1) is 5.82 Å². The molecule has 0 radical (unpaired) electrons. The molecule has 1 aliphatic rings. The molecule has 31 heavy (non-hydrogen) atoms. The summed E-state index contributed by atoms with van der Waals surface area (Å²) in [4.78, 5) is 20.3. The Kier molecular flexibility index (Phi) is 8.24. The highest BCUT2D eigenvalue weighted by atomic mass is 35.5. The van der Waals surface area contributed by atoms with Gasteiger partial charge >= 0.3 is 0 Å². The van der Waals surface area contributed by atoms with Gasteiger partial charge < -0.3 is 20.5 Å². The zero-order valence-corrected chi connectivity index (χ0v) is 17.8. The van der Waals surface area contributed by atoms with E-state index in [1.54, 1.807) is 0 Å². The molecule has 2 aromatic rings. The van der Waals surface area contributed by atoms with Crippen molar-refractivity contribution in [3.05, 3.63) is 58.1 Å². The first-order valence-electron chi connectivity index (χ1n) is 8.71. The van der Waals surface area contributed by atoms with Crippen LogP contribution in [0.1, 0.15) is 21.6 Å². The quantitative estimate of drug-likeness (QED) is 0.661. The molecule has 2 heterocycles. The number of aromatic nitrogens is 1. The number of benzene rings is 1. The average Bonchev–Trinajstić information content (AvgIpc) is 2.69. The third kappa shape index (κ3) is 5.27. The summed E-state index contributed by atoms with van der Waals surface area (Å²) in [6.07, 6.45) is -1.68. The van der Waals surface area contributed by atoms with Gasteiger partial charge in [-0.2, -0.15) is 0 Å². The summed E-state index contributed by atoms with van der Waals surface area (Å²) in [7, 11) is 1.50. The lowest BCUT2D eigenvalue weighted by atomic mass is 9.90. The summed E-state index contributed by atoms with van der Waals surface area (Å²) in [5.41, 5.74) is 3.41. The molecule has 1 aromatic heterocycles. The number of anilines is 1. The van der Waals surface area contributed by atoms with Crippen molar-refractivity contribution in [2.45, 2.75) is 18.6 Å². The Hall–Kier alpha value is -2.40. The van der Waals surface area contributed by atoms with Crippen LogP contribution < -0.4 is 11.1 Å². The first-order valence-corrected chi connectivity index (χ1v) is 9.09. The molecule has 12 heteroatoms. The van der Waals surface area contributed by atoms with Crippen LogP contribution in [0.15, 0.2) is 35.5 Å². The normalized spacial score (nSPS) is 18.3. The second kappa shape index (κ2) is 10.3. The van der Waals surface area contributed by atoms with Gasteiger partial charge in [0.15, 0.2) is 5.54 Å². The van der Waals surface area contributed by atoms with Crippen LogP contribution in [0.2, 0.25) is 5.02 Å². The summed E-state index contributed by atoms with van der Waals surface area (Å²) in [6.45, 7) is -0.429. The number of hydrogen-bond acceptors (Lipinski definition) is 6. The number of hydrogen-bond donors (Lipinski definition) is 2. The second-order valence-electron chi connectivity index (χ2n) is 6.58. The number of nitrogens with one attached hydrogen (secondary N) is 1. The number of methoxy groups -OCH3 is 1. The minimum atomic E-state index is -3.10. The molecule has 3 rings (SSSR count). The number of pyridine rings is 1. The highest BCUT2D eigenvalue weighted by Crippen LogP contribution is 2.38. The molecule has 0 bridgehead atoms. The van der Waals surface area contributed by atoms with E-state index in [0.29, 0.717) is 5.56 Å². The fourth-order valence-electron chi connectivity index (χ4n) is 3.01. The van der Waals surface area contributed by atoms with Crippen molar-refractivity contribution in [3.8, 4) is 0 Å². The molecule has 168 valence electrons. The molecular weight excluding hydrogens is 460 g/mol. The van der Waals surface area contributed by atoms with Gasteiger partial charge in [0, 0.05) is 24.6 Å². The lowest BCUT2D eigenvalue weighted by Gasteiger charge is -2.33. The van der Waals surface area contributed by atoms with Crippen molar-refractivity contribution < 1.29 is 27.4 Å². The van der Waals surface area contributed by atoms with Crippen molar-refractivity contribution in [2.75, 3.05) is 25.6 Å². The van der Waals surface area contributed by atoms with Gasteiger partial charge in [-0.05, 0) is 29.8 Å². The van der Waals surface area contributed by atoms with E-state index in [9.17, 15) is 18.0 Å². The van der Waals surface area contributed by atoms with Gasteiger partial charge in [-0.15, -0.1) is 12.4 Å². The van der Waals surface area contributed by atoms with Crippen molar-refractivity contribution in [3.63, 3.8) is 0 Å². The van der Waals surface area contributed by atoms with Crippen LogP contribution in [-0.4, -0.2) is 43.5 Å². The van der Waals surface area contributed by atoms with Gasteiger partial charge in [-0.3, -0.25) is 9.79 Å². The molecule has 0 saturated heterocycles. The molecule has 0 fully saturated rings. The summed E-state index contributed by atoms with van der Waals surface area (Å²) in [6, 6.07) is 4.76. The molecule has 0 saturated carbocycles. The molecule has 0 aliphatic carbocycles. The number of halogens is 5. The zero-order chi connectivity index (χ0) is 21.9. The molecule has 0 unspecified atom stereocenters. The van der Waals surface area contributed by atoms with E-state index in [4.69, 9.17) is 26.8 Å². The first kappa shape index (κ1) is 24.9. The van der Waals surface area contributed by atoms with Crippen molar-refractivity contribution in [1.29, 1.82) is 0 Å². The molecule has 1 amide bonds. The van der Waals surface area contributed by atoms with Crippen LogP contribution in [-0.2, 0) is 21.6 Å². The molecule has 0 spiro atoms. The number of ether oxygens (including phenoxy) is 2. The van der Waals surface area contributed by atoms with E-state index in [2.05, 4.69) is 15.3 Å². The van der Waals surface area contributed by atoms with Gasteiger partial charge in [-0.25, -0.2) is 18.2 Å². The lowest BCUT2D eigenvalue weighted by Crippen LogP contribution is -2.45. The summed E-state index contributed by atoms with van der Waals surface area (Å²) >= 11 is 6.10. The summed E-state index contributed by atoms with van der Waals surface area (Å²) in [5, 5.41) is 2.55. The van der Waals surface area contributed by atoms with Crippen molar-refractivity contribution in [1.82, 2.24) is 4.98 Å². The lowest BCUT2D eigenvalue weighted by molar-refractivity contribution is -0.0145. The Balaban J connectivity index is 0.00000341. The summed E-state index contributed by atoms with van der Waals surface area (Å²) in [5.74, 6) is -1.81. The smallest absolute Gasteiger partial charge is 0.275 e. The number of carbonyl (C=O) groups excluding carboxylic acids is 1. The minimum Gasteiger partial charge on any atom is -0.385 e. The third-order valence-electron chi connectivity index (χ3n) is 4.39. The monoisotopic (exact) mass is 478 g/mol. The van der Waals surface area contributed by atoms with Gasteiger partial charge in [-0.1, -0.05) is 11.6 Å². The third-order valence-corrected chi connectivity index (χ3v) is 4.68. The Labute approximate surface area is 187 Å². The van der Waals surface area contributed by atoms with Gasteiger partial charge in [0.1, 0.15) is 24.0 Å². The number of rotatable bonds is 6. The molecule has 3 N–H and O–H groups in total. The number of aliphatic imine (C=N–C) groups is 1. The van der Waals surface area contributed by atoms with Crippen LogP contribution in [0.25, 0.3) is 0 Å². The fourth-order valence-corrected chi connectivity index (χ4v) is 3.29. The van der Waals surface area contributed by atoms with Crippen LogP contribution in [0.4, 0.5) is 18.9 Å². The Morgan fingerprint density at radius 2 is 2.16 bits per heavy atom. The Morgan fingerprint density at radius 1 is 1.42 bits per heavy atom. The predicted octanol–water partition coefficient (Wildman–Crippen LogP) is 3.54. The fraction of sp³-hybridized carbons (Fsp3) is 0.316. The van der Waals surface area contributed by atoms with E-state index >= 15 is 0 Å². The number of amidine groups is 1. The summed E-state index contributed by atoms with van der Waals surface area (Å²) < 4.78 is 52.3. The van der Waals surface area contributed by atoms with Crippen molar-refractivity contribution >= 4 is 41.4 Å². The van der Waals surface area contributed by atoms with Gasteiger partial charge in [0.2, 0.25) is 0 Å². The van der Waals surface area contributed by atoms with E-state index < -0.39 is 35.9 Å². The average molecular weight is 479 g/mol. The van der Waals surface area contributed by atoms with Gasteiger partial charge in [0.25, 0.3) is 12.3 Å². The van der Waals surface area contributed by atoms with E-state index in [0.717, 1.165) is 12.1 Å². The molecular formula is C19H19Cl2F3N4O3. The Morgan fingerprint density at radius 3 is 2.77 bits per heavy atom. The van der Waals surface area contributed by atoms with Crippen LogP contribution >= 0.6 is 24.0 Å². The standard InChI is InChI=1S/C19H18ClF3N4O3.ClH/c1-29-7-10-4-13(20)16(25-6-10)17(28)26-11-2-3-14(21)12(5-11)19(18(22)23)9-30-8-15(24)27-19;/h2-6,18H,7-9H2,1H3,(H2,24,27)(H,26,28);1H/t19-;/m0./s1. The second-order valence-corrected chi connectivity index (χ2v) is 6.98. The highest BCUT2D eigenvalue weighted by Gasteiger charge is 2.46. The number of alkyl halides is 2. The Bertz CT molecular complexity index is 994. The van der Waals surface area contributed by atoms with Gasteiger partial charge in [0.05, 0.1) is 18.2 Å². The molecule has 1 atom stereocenters. The van der Waals surface area contributed by atoms with Crippen LogP contribution in [0.3, 0.4) is 0 Å². The number of nitrogens with two attached hydrogens (primary N) is 1. The first-order chi connectivity index (χ1) is 14.3. The molecule has 1 aromatic carbocycles. The van der Waals surface area contributed by atoms with E-state index in [1.165, 1.54) is 25.4 Å². The van der Waals surface area contributed by atoms with E-state index in [-0.39, 0.29) is 47.9 Å². The predicted molar refractivity (Wildman–Crippen MR) is 112 cm³/mol. The topological polar surface area (TPSA) is 98.8 Å². The number of carbonyl (C=O) groups is 1. The number of amides is 1. The maximum Gasteiger partial charge on any atom is 0.275 e. The SMILES string of the molecule is COCc1cnc(C(=O)Nc2ccc(F)c([C@]3(C(F)F)COCC(N)=N3)c2)c(Cl)c1.Cl. The molecule has 1 aliphatic heterocycles. The molecule has 7 nitrogen and oxygen atoms in total. The maximum atomic E-state index is 14.5. The largest absolute Gasteiger partial charge is 0.385 e. The zero-order valence-electron chi connectivity index (χ0n) is 16.2. The maximum absolute atomic E-state index is 14.5. The van der Waals surface area contributed by atoms with E-state index in [1.807, 2.05) is 0 Å².